The molecule has 1 unspecified atom stereocenters. The lowest BCUT2D eigenvalue weighted by atomic mass is 9.94. The van der Waals surface area contributed by atoms with Crippen LogP contribution in [0.25, 0.3) is 0 Å². The Kier molecular flexibility index (Phi) is 45.8. The second-order valence-corrected chi connectivity index (χ2v) is 17.7. The minimum absolute atomic E-state index is 0.115. The summed E-state index contributed by atoms with van der Waals surface area (Å²) < 4.78 is 50.9. The number of unbranched alkanes of at least 4 members (excludes halogenated alkanes) is 16. The molecule has 1 heterocycles. The van der Waals surface area contributed by atoms with Crippen molar-refractivity contribution in [2.45, 2.75) is 180 Å². The van der Waals surface area contributed by atoms with E-state index in [2.05, 4.69) is 37.9 Å². The molecule has 0 aromatic rings. The summed E-state index contributed by atoms with van der Waals surface area (Å²) in [5.74, 6) is 0.0569. The molecular formula is C53H97NO12. The fourth-order valence-corrected chi connectivity index (χ4v) is 7.34. The van der Waals surface area contributed by atoms with E-state index in [1.807, 2.05) is 12.2 Å². The van der Waals surface area contributed by atoms with Gasteiger partial charge in [0, 0.05) is 32.5 Å². The van der Waals surface area contributed by atoms with Gasteiger partial charge >= 0.3 is 17.9 Å². The SMILES string of the molecule is CCCCCC/C=C\COC(=O)CCCCCCCOCC(COCCOCCOCCOCCOC(=O)CC1CCN(C)CC1)OCCCCCCCC(=O)OC/C=C\CCCCCC. The van der Waals surface area contributed by atoms with Gasteiger partial charge in [-0.2, -0.15) is 0 Å². The Morgan fingerprint density at radius 3 is 1.44 bits per heavy atom. The quantitative estimate of drug-likeness (QED) is 0.0248. The van der Waals surface area contributed by atoms with Crippen molar-refractivity contribution in [2.24, 2.45) is 5.92 Å². The highest BCUT2D eigenvalue weighted by Crippen LogP contribution is 2.20. The zero-order valence-corrected chi connectivity index (χ0v) is 42.3. The third kappa shape index (κ3) is 44.1. The van der Waals surface area contributed by atoms with Gasteiger partial charge in [0.2, 0.25) is 0 Å². The molecule has 0 bridgehead atoms. The first-order valence-corrected chi connectivity index (χ1v) is 26.4. The molecule has 386 valence electrons. The van der Waals surface area contributed by atoms with Crippen LogP contribution in [0.15, 0.2) is 24.3 Å². The number of hydrogen-bond donors (Lipinski definition) is 0. The number of esters is 3. The lowest BCUT2D eigenvalue weighted by Crippen LogP contribution is -2.31. The summed E-state index contributed by atoms with van der Waals surface area (Å²) in [5.41, 5.74) is 0. The van der Waals surface area contributed by atoms with Gasteiger partial charge in [0.25, 0.3) is 0 Å². The molecule has 0 N–H and O–H groups in total. The third-order valence-corrected chi connectivity index (χ3v) is 11.5. The molecule has 13 nitrogen and oxygen atoms in total. The van der Waals surface area contributed by atoms with Gasteiger partial charge < -0.3 is 47.5 Å². The van der Waals surface area contributed by atoms with Crippen LogP contribution in [0.2, 0.25) is 0 Å². The van der Waals surface area contributed by atoms with E-state index in [-0.39, 0.29) is 30.6 Å². The van der Waals surface area contributed by atoms with Crippen molar-refractivity contribution in [3.63, 3.8) is 0 Å². The van der Waals surface area contributed by atoms with E-state index >= 15 is 0 Å². The first-order valence-electron chi connectivity index (χ1n) is 26.4. The molecule has 1 saturated heterocycles. The molecular weight excluding hydrogens is 843 g/mol. The summed E-state index contributed by atoms with van der Waals surface area (Å²) in [4.78, 5) is 38.4. The lowest BCUT2D eigenvalue weighted by molar-refractivity contribution is -0.147. The second kappa shape index (κ2) is 49.0. The second-order valence-electron chi connectivity index (χ2n) is 17.7. The molecule has 66 heavy (non-hydrogen) atoms. The molecule has 0 amide bonds. The summed E-state index contributed by atoms with van der Waals surface area (Å²) >= 11 is 0. The number of nitrogens with zero attached hydrogens (tertiary/aromatic N) is 1. The van der Waals surface area contributed by atoms with Crippen molar-refractivity contribution in [1.29, 1.82) is 0 Å². The van der Waals surface area contributed by atoms with E-state index in [0.29, 0.717) is 111 Å². The largest absolute Gasteiger partial charge is 0.463 e. The smallest absolute Gasteiger partial charge is 0.306 e. The maximum atomic E-state index is 12.1. The van der Waals surface area contributed by atoms with E-state index in [9.17, 15) is 14.4 Å². The van der Waals surface area contributed by atoms with Crippen LogP contribution >= 0.6 is 0 Å². The number of carbonyl (C=O) groups excluding carboxylic acids is 3. The van der Waals surface area contributed by atoms with Crippen LogP contribution in [0.3, 0.4) is 0 Å². The van der Waals surface area contributed by atoms with Crippen molar-refractivity contribution in [3.05, 3.63) is 24.3 Å². The fourth-order valence-electron chi connectivity index (χ4n) is 7.34. The predicted molar refractivity (Wildman–Crippen MR) is 263 cm³/mol. The van der Waals surface area contributed by atoms with Gasteiger partial charge in [0.05, 0.1) is 59.5 Å². The molecule has 0 aliphatic carbocycles. The van der Waals surface area contributed by atoms with E-state index in [4.69, 9.17) is 42.6 Å². The lowest BCUT2D eigenvalue weighted by Gasteiger charge is -2.28. The molecule has 1 aliphatic heterocycles. The predicted octanol–water partition coefficient (Wildman–Crippen LogP) is 10.6. The number of hydrogen-bond acceptors (Lipinski definition) is 13. The minimum atomic E-state index is -0.168. The first-order chi connectivity index (χ1) is 32.4. The Morgan fingerprint density at radius 1 is 0.470 bits per heavy atom. The average Bonchev–Trinajstić information content (AvgIpc) is 3.31. The van der Waals surface area contributed by atoms with Crippen molar-refractivity contribution in [1.82, 2.24) is 4.90 Å². The average molecular weight is 940 g/mol. The van der Waals surface area contributed by atoms with Crippen molar-refractivity contribution in [3.8, 4) is 0 Å². The molecule has 0 aromatic heterocycles. The standard InChI is InChI=1S/C53H97NO12/c1-4-6-8-10-12-19-26-36-64-51(55)28-22-16-14-18-24-34-61-47-50(63-35-25-21-15-17-23-29-52(56)65-37-27-20-13-11-9-7-5-2)48-62-43-42-59-39-38-58-40-41-60-44-45-66-53(57)46-49-30-32-54(3)33-31-49/h19-20,26-27,49-50H,4-18,21-25,28-48H2,1-3H3/b26-19-,27-20-. The van der Waals surface area contributed by atoms with Crippen LogP contribution in [-0.2, 0) is 57.0 Å². The van der Waals surface area contributed by atoms with Gasteiger partial charge in [-0.3, -0.25) is 14.4 Å². The number of rotatable bonds is 49. The fraction of sp³-hybridized carbons (Fsp3) is 0.868. The zero-order valence-electron chi connectivity index (χ0n) is 42.3. The molecule has 13 heteroatoms. The van der Waals surface area contributed by atoms with Gasteiger partial charge in [-0.05, 0) is 90.3 Å². The molecule has 0 saturated carbocycles. The molecule has 0 spiro atoms. The van der Waals surface area contributed by atoms with Crippen LogP contribution in [-0.4, -0.2) is 142 Å². The summed E-state index contributed by atoms with van der Waals surface area (Å²) in [5, 5.41) is 0. The first kappa shape index (κ1) is 61.6. The van der Waals surface area contributed by atoms with Crippen molar-refractivity contribution in [2.75, 3.05) is 113 Å². The van der Waals surface area contributed by atoms with E-state index in [1.54, 1.807) is 0 Å². The number of piperidine rings is 1. The van der Waals surface area contributed by atoms with Gasteiger partial charge in [-0.25, -0.2) is 0 Å². The highest BCUT2D eigenvalue weighted by molar-refractivity contribution is 5.70. The number of carbonyl (C=O) groups is 3. The Morgan fingerprint density at radius 2 is 0.909 bits per heavy atom. The molecule has 0 aromatic carbocycles. The maximum absolute atomic E-state index is 12.1. The Bertz CT molecular complexity index is 1150. The van der Waals surface area contributed by atoms with Gasteiger partial charge in [0.15, 0.2) is 0 Å². The maximum Gasteiger partial charge on any atom is 0.306 e. The van der Waals surface area contributed by atoms with Gasteiger partial charge in [-0.1, -0.05) is 115 Å². The Hall–Kier alpha value is -2.39. The van der Waals surface area contributed by atoms with Crippen molar-refractivity contribution < 1.29 is 57.0 Å². The van der Waals surface area contributed by atoms with Crippen LogP contribution in [0, 0.1) is 5.92 Å². The summed E-state index contributed by atoms with van der Waals surface area (Å²) in [6.07, 6.45) is 33.4. The Balaban J connectivity index is 2.16. The number of likely N-dealkylation sites (tertiary alicyclic amines) is 1. The number of ether oxygens (including phenoxy) is 9. The topological polar surface area (TPSA) is 138 Å². The molecule has 1 rings (SSSR count). The zero-order chi connectivity index (χ0) is 47.6. The molecule has 0 radical (unpaired) electrons. The van der Waals surface area contributed by atoms with Crippen molar-refractivity contribution >= 4 is 17.9 Å². The van der Waals surface area contributed by atoms with E-state index < -0.39 is 0 Å². The van der Waals surface area contributed by atoms with Crippen LogP contribution in [0.1, 0.15) is 174 Å². The molecule has 1 fully saturated rings. The summed E-state index contributed by atoms with van der Waals surface area (Å²) in [7, 11) is 2.12. The van der Waals surface area contributed by atoms with E-state index in [1.165, 1.54) is 51.4 Å². The molecule has 1 aliphatic rings. The number of allylic oxidation sites excluding steroid dienone is 2. The molecule has 1 atom stereocenters. The normalized spacial score (nSPS) is 14.1. The monoisotopic (exact) mass is 940 g/mol. The van der Waals surface area contributed by atoms with Gasteiger partial charge in [0.1, 0.15) is 25.9 Å². The minimum Gasteiger partial charge on any atom is -0.463 e. The third-order valence-electron chi connectivity index (χ3n) is 11.5. The van der Waals surface area contributed by atoms with Gasteiger partial charge in [-0.15, -0.1) is 0 Å². The summed E-state index contributed by atoms with van der Waals surface area (Å²) in [6.45, 7) is 12.8. The van der Waals surface area contributed by atoms with E-state index in [0.717, 1.165) is 103 Å². The van der Waals surface area contributed by atoms with Crippen LogP contribution < -0.4 is 0 Å². The highest BCUT2D eigenvalue weighted by Gasteiger charge is 2.20. The van der Waals surface area contributed by atoms with Crippen LogP contribution in [0.4, 0.5) is 0 Å². The van der Waals surface area contributed by atoms with Crippen LogP contribution in [0.5, 0.6) is 0 Å². The highest BCUT2D eigenvalue weighted by atomic mass is 16.6. The summed E-state index contributed by atoms with van der Waals surface area (Å²) in [6, 6.07) is 0. The Labute approximate surface area is 402 Å².